The molecule has 7 aliphatic rings. The van der Waals surface area contributed by atoms with Crippen molar-refractivity contribution in [3.8, 4) is 22.6 Å². The van der Waals surface area contributed by atoms with Crippen molar-refractivity contribution in [2.24, 2.45) is 16.2 Å². The second-order valence-corrected chi connectivity index (χ2v) is 31.9. The lowest BCUT2D eigenvalue weighted by molar-refractivity contribution is -0.271. The van der Waals surface area contributed by atoms with Crippen LogP contribution in [-0.2, 0) is 77.3 Å². The van der Waals surface area contributed by atoms with Gasteiger partial charge < -0.3 is 79.7 Å². The first kappa shape index (κ1) is 79.2. The van der Waals surface area contributed by atoms with E-state index in [1.54, 1.807) is 37.6 Å². The first-order chi connectivity index (χ1) is 52.2. The molecule has 3 aliphatic heterocycles. The number of aromatic carboxylic acids is 1. The molecule has 34 nitrogen and oxygen atoms in total. The van der Waals surface area contributed by atoms with Crippen molar-refractivity contribution in [3.63, 3.8) is 0 Å². The molecule has 3 aromatic carbocycles. The molecule has 10 N–H and O–H groups in total. The summed E-state index contributed by atoms with van der Waals surface area (Å²) in [6, 6.07) is 16.8. The molecule has 586 valence electrons. The third kappa shape index (κ3) is 17.8. The number of nitrogens with one attached hydrogen (secondary N) is 4. The predicted molar refractivity (Wildman–Crippen MR) is 393 cm³/mol. The van der Waals surface area contributed by atoms with E-state index in [2.05, 4.69) is 34.8 Å². The maximum absolute atomic E-state index is 14.0. The molecule has 5 fully saturated rings. The number of ether oxygens (including phenoxy) is 6. The molecule has 0 spiro atoms. The van der Waals surface area contributed by atoms with Gasteiger partial charge >= 0.3 is 18.0 Å². The highest BCUT2D eigenvalue weighted by molar-refractivity contribution is 7.85. The normalized spacial score (nSPS) is 24.3. The van der Waals surface area contributed by atoms with Crippen molar-refractivity contribution < 1.29 is 110 Å². The Bertz CT molecular complexity index is 4720. The van der Waals surface area contributed by atoms with E-state index in [9.17, 15) is 81.7 Å². The van der Waals surface area contributed by atoms with Gasteiger partial charge in [0.1, 0.15) is 60.6 Å². The number of thiazole rings is 1. The van der Waals surface area contributed by atoms with Crippen molar-refractivity contribution in [1.82, 2.24) is 40.2 Å². The number of fused-ring (bicyclic) bond motifs is 2. The quantitative estimate of drug-likeness (QED) is 0.0214. The van der Waals surface area contributed by atoms with E-state index in [1.165, 1.54) is 53.7 Å². The Hall–Kier alpha value is -10.3. The minimum absolute atomic E-state index is 0.0926. The maximum Gasteiger partial charge on any atom is 0.410 e. The Morgan fingerprint density at radius 1 is 0.827 bits per heavy atom. The highest BCUT2D eigenvalue weighted by Crippen LogP contribution is 2.72. The average molecular weight is 1560 g/mol. The molecule has 2 unspecified atom stereocenters. The third-order valence-corrected chi connectivity index (χ3v) is 22.4. The zero-order valence-corrected chi connectivity index (χ0v) is 62.3. The maximum atomic E-state index is 14.0. The van der Waals surface area contributed by atoms with E-state index in [1.807, 2.05) is 46.1 Å². The predicted octanol–water partition coefficient (Wildman–Crippen LogP) is 4.33. The van der Waals surface area contributed by atoms with E-state index in [0.29, 0.717) is 69.8 Å². The molecule has 6 aromatic rings. The topological polar surface area (TPSA) is 466 Å². The molecule has 8 atom stereocenters. The first-order valence-corrected chi connectivity index (χ1v) is 37.9. The van der Waals surface area contributed by atoms with Gasteiger partial charge in [-0.15, -0.1) is 0 Å². The van der Waals surface area contributed by atoms with Gasteiger partial charge in [0.05, 0.1) is 48.0 Å². The summed E-state index contributed by atoms with van der Waals surface area (Å²) in [6.45, 7) is 6.77. The number of aliphatic carboxylic acids is 1. The van der Waals surface area contributed by atoms with Crippen LogP contribution in [0.1, 0.15) is 102 Å². The number of aliphatic hydroxyl groups is 3. The number of para-hydroxylation sites is 1. The van der Waals surface area contributed by atoms with Crippen LogP contribution in [0.4, 0.5) is 21.4 Å². The van der Waals surface area contributed by atoms with Gasteiger partial charge in [-0.2, -0.15) is 13.5 Å². The van der Waals surface area contributed by atoms with Crippen LogP contribution in [0, 0.1) is 23.2 Å². The van der Waals surface area contributed by atoms with Crippen molar-refractivity contribution in [2.45, 2.75) is 128 Å². The number of aromatic nitrogens is 4. The van der Waals surface area contributed by atoms with Gasteiger partial charge in [0.25, 0.3) is 27.8 Å². The van der Waals surface area contributed by atoms with Crippen molar-refractivity contribution in [3.05, 3.63) is 125 Å². The molecule has 6 heterocycles. The molecular weight excluding hydrogens is 1480 g/mol. The number of benzene rings is 3. The standard InChI is InChI=1S/C74H85N11O23S2/c1-41-46(44-14-17-54(80-59(44)66(95)96)83-23-21-43-47(31-83)45(13-16-51(43)104-5)64(93)81-69-79-48-10-6-7-11-53(48)109-69)30-76-85(41)40-73-35-71(2)34-72(3,36-73)38-74(37-71,39-73)106-28-25-82(24-27-103-4)70(99)105-26-8-9-42-12-15-52(107-68-62(92)60(90)61(91)63(108-68)67(97)98)49(29-42)77-55(86)20-22-75-65(94)50(33-110(100,101)102)78-56(87)32-84-57(88)18-19-58(84)89/h6-19,29-30,50,60-63,68,90-92H,20-28,31-40H2,1-5H3,(H,75,94)(H,77,86)(H,78,87)(H,95,96)(H,97,98)(H,79,81,93)(H,100,101,102)/b9-8+/t50-,60-,61-,62+,63-,68+,71?,72?,73?,74?/m0/s1. The number of hydrogen-bond acceptors (Lipinski definition) is 25. The number of hydrogen-bond donors (Lipinski definition) is 10. The number of pyridine rings is 1. The molecule has 13 rings (SSSR count). The highest BCUT2D eigenvalue weighted by Gasteiger charge is 2.66. The van der Waals surface area contributed by atoms with E-state index in [-0.39, 0.29) is 78.7 Å². The van der Waals surface area contributed by atoms with E-state index < -0.39 is 125 Å². The van der Waals surface area contributed by atoms with Crippen LogP contribution in [-0.4, -0.2) is 236 Å². The van der Waals surface area contributed by atoms with Gasteiger partial charge in [-0.3, -0.25) is 48.2 Å². The number of carbonyl (C=O) groups is 9. The lowest BCUT2D eigenvalue weighted by Gasteiger charge is -2.69. The number of aliphatic hydroxyl groups excluding tert-OH is 3. The molecule has 7 amide bonds. The summed E-state index contributed by atoms with van der Waals surface area (Å²) in [7, 11) is -1.84. The SMILES string of the molecule is COCCN(CCOC12CC3(C)CC(C)(CC(Cn4ncc(-c5ccc(N6CCc7c(OC)ccc(C(=O)Nc8nc9ccccc9s8)c7C6)nc5C(=O)O)c4C)(C3)C1)C2)C(=O)OC/C=C/c1ccc(O[C@@H]2O[C@H](C(=O)O)[C@@H](O)[C@H](O)[C@H]2O)c(NC(=O)CCNC(=O)[C@H](CS(=O)(=O)O)NC(=O)CN2C(=O)C=CC2=O)c1. The Labute approximate surface area is 634 Å². The molecule has 4 bridgehead atoms. The van der Waals surface area contributed by atoms with Crippen molar-refractivity contribution in [2.75, 3.05) is 88.1 Å². The summed E-state index contributed by atoms with van der Waals surface area (Å²) >= 11 is 1.38. The average Bonchev–Trinajstić information content (AvgIpc) is 0.753. The highest BCUT2D eigenvalue weighted by atomic mass is 32.2. The fraction of sp³-hybridized carbons (Fsp3) is 0.459. The second-order valence-electron chi connectivity index (χ2n) is 29.4. The number of carboxylic acid groups (broad SMARTS) is 2. The number of carboxylic acids is 2. The number of carbonyl (C=O) groups excluding carboxylic acids is 7. The summed E-state index contributed by atoms with van der Waals surface area (Å²) in [6.07, 6.45) is 0.751. The van der Waals surface area contributed by atoms with Crippen LogP contribution in [0.2, 0.25) is 0 Å². The Kier molecular flexibility index (Phi) is 23.3. The number of amides is 7. The summed E-state index contributed by atoms with van der Waals surface area (Å²) in [5.74, 6) is -8.63. The first-order valence-electron chi connectivity index (χ1n) is 35.4. The summed E-state index contributed by atoms with van der Waals surface area (Å²) in [5, 5.41) is 67.3. The molecular formula is C74H85N11O23S2. The number of nitrogens with zero attached hydrogens (tertiary/aromatic N) is 7. The number of rotatable bonds is 31. The van der Waals surface area contributed by atoms with Crippen LogP contribution in [0.25, 0.3) is 27.4 Å². The number of imide groups is 1. The van der Waals surface area contributed by atoms with Crippen LogP contribution >= 0.6 is 11.3 Å². The fourth-order valence-electron chi connectivity index (χ4n) is 17.1. The van der Waals surface area contributed by atoms with Crippen molar-refractivity contribution >= 4 is 108 Å². The van der Waals surface area contributed by atoms with E-state index in [4.69, 9.17) is 38.5 Å². The lowest BCUT2D eigenvalue weighted by atomic mass is 9.39. The van der Waals surface area contributed by atoms with E-state index >= 15 is 0 Å². The molecule has 110 heavy (non-hydrogen) atoms. The van der Waals surface area contributed by atoms with Crippen LogP contribution in [0.3, 0.4) is 0 Å². The second kappa shape index (κ2) is 32.3. The Balaban J connectivity index is 0.684. The van der Waals surface area contributed by atoms with Gasteiger partial charge in [-0.25, -0.2) is 24.4 Å². The minimum Gasteiger partial charge on any atom is -0.496 e. The van der Waals surface area contributed by atoms with Gasteiger partial charge in [-0.1, -0.05) is 49.5 Å². The van der Waals surface area contributed by atoms with Crippen LogP contribution < -0.4 is 35.6 Å². The van der Waals surface area contributed by atoms with Gasteiger partial charge in [-0.05, 0) is 134 Å². The largest absolute Gasteiger partial charge is 0.496 e. The molecule has 36 heteroatoms. The molecule has 1 saturated heterocycles. The van der Waals surface area contributed by atoms with Gasteiger partial charge in [0, 0.05) is 92.9 Å². The zero-order chi connectivity index (χ0) is 78.8. The molecule has 4 saturated carbocycles. The molecule has 3 aromatic heterocycles. The minimum atomic E-state index is -4.93. The Morgan fingerprint density at radius 3 is 2.25 bits per heavy atom. The van der Waals surface area contributed by atoms with Crippen LogP contribution in [0.15, 0.2) is 91.2 Å². The molecule has 4 aliphatic carbocycles. The van der Waals surface area contributed by atoms with E-state index in [0.717, 1.165) is 71.3 Å². The molecule has 0 radical (unpaired) electrons. The number of anilines is 3. The van der Waals surface area contributed by atoms with Gasteiger partial charge in [0.2, 0.25) is 24.0 Å². The lowest BCUT2D eigenvalue weighted by Crippen LogP contribution is -2.64. The number of methoxy groups -OCH3 is 2. The smallest absolute Gasteiger partial charge is 0.410 e. The Morgan fingerprint density at radius 2 is 1.55 bits per heavy atom. The zero-order valence-electron chi connectivity index (χ0n) is 60.7. The fourth-order valence-corrected chi connectivity index (χ4v) is 18.6. The summed E-state index contributed by atoms with van der Waals surface area (Å²) < 4.78 is 71.1. The monoisotopic (exact) mass is 1560 g/mol. The van der Waals surface area contributed by atoms with Crippen molar-refractivity contribution in [1.29, 1.82) is 0 Å². The van der Waals surface area contributed by atoms with Gasteiger partial charge in [0.15, 0.2) is 16.9 Å². The summed E-state index contributed by atoms with van der Waals surface area (Å²) in [5.41, 5.74) is 3.68. The summed E-state index contributed by atoms with van der Waals surface area (Å²) in [4.78, 5) is 130. The third-order valence-electron chi connectivity index (χ3n) is 20.7. The van der Waals surface area contributed by atoms with Crippen LogP contribution in [0.5, 0.6) is 11.5 Å².